The summed E-state index contributed by atoms with van der Waals surface area (Å²) in [5.74, 6) is -5.29. The number of H-pyrrole nitrogens is 1. The Hall–Kier alpha value is -5.21. The molecular formula is C35H52N9O12P. The second-order valence-corrected chi connectivity index (χ2v) is 15.1. The highest BCUT2D eigenvalue weighted by molar-refractivity contribution is 7.46. The van der Waals surface area contributed by atoms with Crippen LogP contribution < -0.4 is 27.0 Å². The molecule has 0 spiro atoms. The maximum atomic E-state index is 13.8. The van der Waals surface area contributed by atoms with Crippen molar-refractivity contribution in [3.63, 3.8) is 0 Å². The molecule has 7 atom stereocenters. The molecule has 0 bridgehead atoms. The van der Waals surface area contributed by atoms with Gasteiger partial charge in [-0.2, -0.15) is 0 Å². The van der Waals surface area contributed by atoms with Crippen LogP contribution in [0.2, 0.25) is 0 Å². The number of aryl methyl sites for hydroxylation is 1. The number of aromatic nitrogens is 2. The number of imidazole rings is 1. The quantitative estimate of drug-likeness (QED) is 0.0373. The molecule has 0 saturated carbocycles. The van der Waals surface area contributed by atoms with Crippen LogP contribution in [0.15, 0.2) is 48.0 Å². The molecule has 6 amide bonds. The molecule has 57 heavy (non-hydrogen) atoms. The Labute approximate surface area is 329 Å². The molecule has 0 unspecified atom stereocenters. The Morgan fingerprint density at radius 2 is 1.67 bits per heavy atom. The van der Waals surface area contributed by atoms with E-state index in [0.717, 1.165) is 18.9 Å². The van der Waals surface area contributed by atoms with Gasteiger partial charge in [0.2, 0.25) is 35.4 Å². The second kappa shape index (κ2) is 21.9. The number of hydrogen-bond acceptors (Lipinski definition) is 12. The molecule has 314 valence electrons. The highest BCUT2D eigenvalue weighted by Gasteiger charge is 2.41. The van der Waals surface area contributed by atoms with E-state index in [-0.39, 0.29) is 37.6 Å². The number of nitrogens with zero attached hydrogens (tertiary/aromatic N) is 3. The maximum absolute atomic E-state index is 13.8. The second-order valence-electron chi connectivity index (χ2n) is 13.9. The van der Waals surface area contributed by atoms with E-state index in [1.807, 2.05) is 44.2 Å². The van der Waals surface area contributed by atoms with Crippen LogP contribution in [-0.2, 0) is 55.5 Å². The molecule has 2 aromatic rings. The van der Waals surface area contributed by atoms with Crippen LogP contribution in [0.1, 0.15) is 58.2 Å². The number of nitrogens with two attached hydrogens (primary N) is 1. The fourth-order valence-electron chi connectivity index (χ4n) is 6.01. The first-order valence-corrected chi connectivity index (χ1v) is 19.7. The molecule has 1 fully saturated rings. The van der Waals surface area contributed by atoms with Crippen molar-refractivity contribution in [1.82, 2.24) is 36.1 Å². The number of nitrogens with one attached hydrogen (secondary N) is 5. The van der Waals surface area contributed by atoms with Crippen molar-refractivity contribution in [2.45, 2.75) is 102 Å². The van der Waals surface area contributed by atoms with E-state index >= 15 is 0 Å². The van der Waals surface area contributed by atoms with Gasteiger partial charge >= 0.3 is 7.82 Å². The summed E-state index contributed by atoms with van der Waals surface area (Å²) in [4.78, 5) is 111. The van der Waals surface area contributed by atoms with Crippen molar-refractivity contribution in [3.05, 3.63) is 54.1 Å². The van der Waals surface area contributed by atoms with Gasteiger partial charge in [-0.05, 0) is 37.7 Å². The van der Waals surface area contributed by atoms with Crippen molar-refractivity contribution >= 4 is 49.5 Å². The van der Waals surface area contributed by atoms with Crippen LogP contribution in [-0.4, -0.2) is 127 Å². The van der Waals surface area contributed by atoms with Crippen LogP contribution in [0.25, 0.3) is 0 Å². The zero-order valence-electron chi connectivity index (χ0n) is 32.1. The molecule has 0 aliphatic carbocycles. The molecule has 0 radical (unpaired) electrons. The molecule has 1 aromatic heterocycles. The van der Waals surface area contributed by atoms with Crippen molar-refractivity contribution in [2.24, 2.45) is 16.8 Å². The van der Waals surface area contributed by atoms with Crippen molar-refractivity contribution in [2.75, 3.05) is 13.2 Å². The van der Waals surface area contributed by atoms with E-state index in [0.29, 0.717) is 12.1 Å². The fraction of sp³-hybridized carbons (Fsp3) is 0.543. The number of likely N-dealkylation sites (tertiary alicyclic amines) is 1. The molecule has 3 rings (SSSR count). The third-order valence-electron chi connectivity index (χ3n) is 8.80. The number of oxime groups is 1. The standard InChI is InChI=1S/C35H52N9O12P/c1-20(2)13-26(41-35(51)29-15-25(17-44(29)22(4)46)55-39-12-8-11-23-9-6-5-7-10-23)32(48)40-27(14-24-16-37-19-38-24)33(49)42-28(18-45)34(50)43-30(31(36)47)21(3)56-57(52,53)54/h5-7,9-10,12,16,19-21,25-30,45H,8,11,13-15,17-18H2,1-4H3,(H2,36,47)(H,37,38)(H,40,48)(H,41,51)(H,42,49)(H,43,50)(H2,52,53,54)/b39-12+/t21-,25-,26+,27+,28+,29+,30+/m1/s1. The molecule has 1 saturated heterocycles. The van der Waals surface area contributed by atoms with Crippen molar-refractivity contribution < 1.29 is 57.6 Å². The largest absolute Gasteiger partial charge is 0.469 e. The van der Waals surface area contributed by atoms with E-state index < -0.39 is 86.4 Å². The lowest BCUT2D eigenvalue weighted by molar-refractivity contribution is -0.139. The van der Waals surface area contributed by atoms with Crippen LogP contribution >= 0.6 is 7.82 Å². The highest BCUT2D eigenvalue weighted by atomic mass is 31.2. The average molecular weight is 822 g/mol. The Kier molecular flexibility index (Phi) is 17.8. The maximum Gasteiger partial charge on any atom is 0.469 e. The van der Waals surface area contributed by atoms with Crippen molar-refractivity contribution in [3.8, 4) is 0 Å². The predicted octanol–water partition coefficient (Wildman–Crippen LogP) is -1.46. The van der Waals surface area contributed by atoms with Gasteiger partial charge in [-0.1, -0.05) is 49.3 Å². The Morgan fingerprint density at radius 3 is 2.25 bits per heavy atom. The summed E-state index contributed by atoms with van der Waals surface area (Å²) in [6, 6.07) is 2.69. The first kappa shape index (κ1) is 46.2. The lowest BCUT2D eigenvalue weighted by atomic mass is 10.0. The van der Waals surface area contributed by atoms with Crippen molar-refractivity contribution in [1.29, 1.82) is 0 Å². The number of benzene rings is 1. The number of phosphoric ester groups is 1. The Morgan fingerprint density at radius 1 is 1.02 bits per heavy atom. The number of amides is 6. The SMILES string of the molecule is CC(=O)N1C[C@H](O/N=C/CCc2ccccc2)C[C@H]1C(=O)N[C@@H](CC(C)C)C(=O)N[C@@H](Cc1cnc[nH]1)C(=O)N[C@@H](CO)C(=O)N[C@H](C(N)=O)[C@@H](C)OP(=O)(O)O. The van der Waals surface area contributed by atoms with E-state index in [2.05, 4.69) is 40.9 Å². The zero-order valence-corrected chi connectivity index (χ0v) is 33.0. The third-order valence-corrected chi connectivity index (χ3v) is 9.41. The predicted molar refractivity (Wildman–Crippen MR) is 202 cm³/mol. The van der Waals surface area contributed by atoms with Gasteiger partial charge in [0.15, 0.2) is 0 Å². The van der Waals surface area contributed by atoms with Gasteiger partial charge in [0.25, 0.3) is 0 Å². The van der Waals surface area contributed by atoms with E-state index in [9.17, 15) is 38.4 Å². The number of carbonyl (C=O) groups is 6. The molecule has 22 heteroatoms. The van der Waals surface area contributed by atoms with Gasteiger partial charge in [0.1, 0.15) is 36.3 Å². The monoisotopic (exact) mass is 821 g/mol. The number of phosphoric acid groups is 1. The number of primary amides is 1. The average Bonchev–Trinajstić information content (AvgIpc) is 3.82. The lowest BCUT2D eigenvalue weighted by Gasteiger charge is -2.28. The number of hydrogen-bond donors (Lipinski definition) is 9. The molecule has 1 aromatic carbocycles. The molecular weight excluding hydrogens is 769 g/mol. The van der Waals surface area contributed by atoms with E-state index in [1.54, 1.807) is 6.21 Å². The van der Waals surface area contributed by atoms with Crippen LogP contribution in [0.3, 0.4) is 0 Å². The van der Waals surface area contributed by atoms with E-state index in [4.69, 9.17) is 20.4 Å². The summed E-state index contributed by atoms with van der Waals surface area (Å²) in [7, 11) is -5.11. The lowest BCUT2D eigenvalue weighted by Crippen LogP contribution is -2.61. The zero-order chi connectivity index (χ0) is 42.3. The minimum absolute atomic E-state index is 0.0896. The molecule has 2 heterocycles. The third kappa shape index (κ3) is 15.3. The summed E-state index contributed by atoms with van der Waals surface area (Å²) in [6.45, 7) is 5.08. The molecule has 10 N–H and O–H groups in total. The number of aromatic amines is 1. The minimum Gasteiger partial charge on any atom is -0.394 e. The molecule has 1 aliphatic heterocycles. The Bertz CT molecular complexity index is 1740. The Balaban J connectivity index is 1.72. The summed E-state index contributed by atoms with van der Waals surface area (Å²) in [5.41, 5.74) is 6.81. The number of aliphatic hydroxyl groups is 1. The molecule has 21 nitrogen and oxygen atoms in total. The van der Waals surface area contributed by atoms with Gasteiger partial charge in [-0.3, -0.25) is 33.3 Å². The van der Waals surface area contributed by atoms with Crippen LogP contribution in [0.5, 0.6) is 0 Å². The van der Waals surface area contributed by atoms with Gasteiger partial charge in [-0.25, -0.2) is 9.55 Å². The van der Waals surface area contributed by atoms with Gasteiger partial charge < -0.3 is 56.6 Å². The topological polar surface area (TPSA) is 317 Å². The fourth-order valence-corrected chi connectivity index (χ4v) is 6.57. The van der Waals surface area contributed by atoms with Crippen LogP contribution in [0, 0.1) is 5.92 Å². The first-order valence-electron chi connectivity index (χ1n) is 18.2. The summed E-state index contributed by atoms with van der Waals surface area (Å²) < 4.78 is 15.7. The summed E-state index contributed by atoms with van der Waals surface area (Å²) >= 11 is 0. The summed E-state index contributed by atoms with van der Waals surface area (Å²) in [5, 5.41) is 23.7. The van der Waals surface area contributed by atoms with Gasteiger partial charge in [0, 0.05) is 37.9 Å². The number of aliphatic hydroxyl groups excluding tert-OH is 1. The number of carbonyl (C=O) groups excluding carboxylic acids is 6. The smallest absolute Gasteiger partial charge is 0.394 e. The normalized spacial score (nSPS) is 18.3. The minimum atomic E-state index is -5.11. The summed E-state index contributed by atoms with van der Waals surface area (Å²) in [6.07, 6.45) is 3.54. The number of rotatable bonds is 22. The van der Waals surface area contributed by atoms with E-state index in [1.165, 1.54) is 24.3 Å². The van der Waals surface area contributed by atoms with Crippen LogP contribution in [0.4, 0.5) is 0 Å². The first-order chi connectivity index (χ1) is 26.9. The highest BCUT2D eigenvalue weighted by Crippen LogP contribution is 2.38. The molecule has 1 aliphatic rings. The van der Waals surface area contributed by atoms with Gasteiger partial charge in [0.05, 0.1) is 25.6 Å². The van der Waals surface area contributed by atoms with Gasteiger partial charge in [-0.15, -0.1) is 0 Å².